The average Bonchev–Trinajstić information content (AvgIpc) is 3.24. The number of likely N-dealkylation sites (tertiary alicyclic amines) is 1. The molecule has 0 radical (unpaired) electrons. The summed E-state index contributed by atoms with van der Waals surface area (Å²) in [6.07, 6.45) is 4.19. The standard InChI is InChI=1S/C17H20N4O5/c1-20-9-10(7-19-20)15-12(4-6-14(22)21(15)2)16(23)18-8-11-3-5-13(26-11)17(24)25/h3,5,7,9,12,15H,4,6,8H2,1-2H3,(H,18,23)(H,24,25)/t12-,15+/m0/s1. The van der Waals surface area contributed by atoms with Gasteiger partial charge in [-0.15, -0.1) is 0 Å². The highest BCUT2D eigenvalue weighted by Gasteiger charge is 2.39. The molecule has 1 aliphatic heterocycles. The number of carbonyl (C=O) groups is 3. The van der Waals surface area contributed by atoms with Crippen molar-refractivity contribution in [3.05, 3.63) is 41.6 Å². The molecule has 0 aromatic carbocycles. The van der Waals surface area contributed by atoms with E-state index in [1.165, 1.54) is 12.1 Å². The fraction of sp³-hybridized carbons (Fsp3) is 0.412. The van der Waals surface area contributed by atoms with E-state index in [2.05, 4.69) is 10.4 Å². The lowest BCUT2D eigenvalue weighted by atomic mass is 9.85. The number of piperidine rings is 1. The lowest BCUT2D eigenvalue weighted by Crippen LogP contribution is -2.46. The maximum atomic E-state index is 12.7. The molecule has 0 aliphatic carbocycles. The summed E-state index contributed by atoms with van der Waals surface area (Å²) in [6, 6.07) is 2.46. The van der Waals surface area contributed by atoms with Crippen LogP contribution in [0.3, 0.4) is 0 Å². The summed E-state index contributed by atoms with van der Waals surface area (Å²) >= 11 is 0. The van der Waals surface area contributed by atoms with Gasteiger partial charge >= 0.3 is 5.97 Å². The molecular formula is C17H20N4O5. The number of aromatic nitrogens is 2. The van der Waals surface area contributed by atoms with Gasteiger partial charge in [-0.1, -0.05) is 0 Å². The number of nitrogens with zero attached hydrogens (tertiary/aromatic N) is 3. The molecule has 1 fully saturated rings. The number of aryl methyl sites for hydroxylation is 1. The third-order valence-corrected chi connectivity index (χ3v) is 4.57. The van der Waals surface area contributed by atoms with Gasteiger partial charge in [-0.3, -0.25) is 14.3 Å². The molecule has 9 nitrogen and oxygen atoms in total. The zero-order valence-corrected chi connectivity index (χ0v) is 14.5. The van der Waals surface area contributed by atoms with E-state index in [4.69, 9.17) is 9.52 Å². The van der Waals surface area contributed by atoms with E-state index in [9.17, 15) is 14.4 Å². The van der Waals surface area contributed by atoms with Gasteiger partial charge in [0.2, 0.25) is 17.6 Å². The highest BCUT2D eigenvalue weighted by atomic mass is 16.4. The summed E-state index contributed by atoms with van der Waals surface area (Å²) < 4.78 is 6.78. The van der Waals surface area contributed by atoms with Crippen LogP contribution in [0.4, 0.5) is 0 Å². The van der Waals surface area contributed by atoms with Gasteiger partial charge in [0.1, 0.15) is 5.76 Å². The fourth-order valence-corrected chi connectivity index (χ4v) is 3.25. The smallest absolute Gasteiger partial charge is 0.371 e. The molecule has 138 valence electrons. The van der Waals surface area contributed by atoms with Gasteiger partial charge < -0.3 is 19.7 Å². The van der Waals surface area contributed by atoms with Crippen molar-refractivity contribution in [2.75, 3.05) is 7.05 Å². The van der Waals surface area contributed by atoms with Crippen molar-refractivity contribution in [3.8, 4) is 0 Å². The van der Waals surface area contributed by atoms with Crippen LogP contribution in [0, 0.1) is 5.92 Å². The first-order chi connectivity index (χ1) is 12.4. The van der Waals surface area contributed by atoms with Crippen molar-refractivity contribution in [2.45, 2.75) is 25.4 Å². The molecular weight excluding hydrogens is 340 g/mol. The van der Waals surface area contributed by atoms with Crippen LogP contribution >= 0.6 is 0 Å². The fourth-order valence-electron chi connectivity index (χ4n) is 3.25. The number of carboxylic acids is 1. The molecule has 1 saturated heterocycles. The van der Waals surface area contributed by atoms with E-state index in [0.29, 0.717) is 18.6 Å². The number of carboxylic acid groups (broad SMARTS) is 1. The van der Waals surface area contributed by atoms with E-state index < -0.39 is 17.9 Å². The minimum absolute atomic E-state index is 0.0139. The van der Waals surface area contributed by atoms with E-state index in [0.717, 1.165) is 5.56 Å². The van der Waals surface area contributed by atoms with Crippen molar-refractivity contribution >= 4 is 17.8 Å². The second kappa shape index (κ2) is 7.03. The number of hydrogen-bond acceptors (Lipinski definition) is 5. The Balaban J connectivity index is 1.73. The summed E-state index contributed by atoms with van der Waals surface area (Å²) in [7, 11) is 3.46. The Bertz CT molecular complexity index is 840. The van der Waals surface area contributed by atoms with Gasteiger partial charge in [0.15, 0.2) is 0 Å². The maximum absolute atomic E-state index is 12.7. The van der Waals surface area contributed by atoms with Gasteiger partial charge in [0.25, 0.3) is 0 Å². The molecule has 1 aliphatic rings. The van der Waals surface area contributed by atoms with Crippen molar-refractivity contribution in [1.29, 1.82) is 0 Å². The van der Waals surface area contributed by atoms with Crippen LogP contribution < -0.4 is 5.32 Å². The maximum Gasteiger partial charge on any atom is 0.371 e. The Morgan fingerprint density at radius 3 is 2.77 bits per heavy atom. The lowest BCUT2D eigenvalue weighted by Gasteiger charge is -2.37. The number of carbonyl (C=O) groups excluding carboxylic acids is 2. The molecule has 0 bridgehead atoms. The molecule has 3 heterocycles. The van der Waals surface area contributed by atoms with Crippen molar-refractivity contribution in [2.24, 2.45) is 13.0 Å². The molecule has 26 heavy (non-hydrogen) atoms. The average molecular weight is 360 g/mol. The first-order valence-corrected chi connectivity index (χ1v) is 8.20. The van der Waals surface area contributed by atoms with Crippen molar-refractivity contribution < 1.29 is 23.9 Å². The molecule has 2 amide bonds. The van der Waals surface area contributed by atoms with E-state index >= 15 is 0 Å². The molecule has 0 spiro atoms. The van der Waals surface area contributed by atoms with Gasteiger partial charge in [-0.2, -0.15) is 5.10 Å². The van der Waals surface area contributed by atoms with Crippen LogP contribution in [0.25, 0.3) is 0 Å². The molecule has 9 heteroatoms. The van der Waals surface area contributed by atoms with E-state index in [-0.39, 0.29) is 24.1 Å². The molecule has 3 rings (SSSR count). The van der Waals surface area contributed by atoms with E-state index in [1.807, 2.05) is 0 Å². The Morgan fingerprint density at radius 2 is 2.15 bits per heavy atom. The second-order valence-corrected chi connectivity index (χ2v) is 6.33. The minimum Gasteiger partial charge on any atom is -0.475 e. The zero-order valence-electron chi connectivity index (χ0n) is 14.5. The van der Waals surface area contributed by atoms with Crippen LogP contribution in [0.15, 0.2) is 28.9 Å². The van der Waals surface area contributed by atoms with Crippen molar-refractivity contribution in [1.82, 2.24) is 20.0 Å². The first-order valence-electron chi connectivity index (χ1n) is 8.20. The summed E-state index contributed by atoms with van der Waals surface area (Å²) in [5, 5.41) is 15.8. The van der Waals surface area contributed by atoms with Crippen LogP contribution in [0.5, 0.6) is 0 Å². The molecule has 0 unspecified atom stereocenters. The molecule has 2 aromatic rings. The lowest BCUT2D eigenvalue weighted by molar-refractivity contribution is -0.141. The number of amides is 2. The van der Waals surface area contributed by atoms with Gasteiger partial charge in [-0.25, -0.2) is 4.79 Å². The Morgan fingerprint density at radius 1 is 1.38 bits per heavy atom. The third kappa shape index (κ3) is 3.46. The zero-order chi connectivity index (χ0) is 18.8. The van der Waals surface area contributed by atoms with E-state index in [1.54, 1.807) is 36.1 Å². The predicted octanol–water partition coefficient (Wildman–Crippen LogP) is 0.937. The number of aromatic carboxylic acids is 1. The Labute approximate surface area is 149 Å². The van der Waals surface area contributed by atoms with Gasteiger partial charge in [0, 0.05) is 32.3 Å². The van der Waals surface area contributed by atoms with Crippen LogP contribution in [0.1, 0.15) is 40.8 Å². The number of rotatable bonds is 5. The monoisotopic (exact) mass is 360 g/mol. The second-order valence-electron chi connectivity index (χ2n) is 6.33. The highest BCUT2D eigenvalue weighted by Crippen LogP contribution is 2.35. The molecule has 2 atom stereocenters. The minimum atomic E-state index is -1.16. The van der Waals surface area contributed by atoms with Gasteiger partial charge in [0.05, 0.1) is 24.7 Å². The first kappa shape index (κ1) is 17.7. The topological polar surface area (TPSA) is 118 Å². The Kier molecular flexibility index (Phi) is 4.79. The van der Waals surface area contributed by atoms with Gasteiger partial charge in [-0.05, 0) is 18.6 Å². The highest BCUT2D eigenvalue weighted by molar-refractivity contribution is 5.85. The largest absolute Gasteiger partial charge is 0.475 e. The summed E-state index contributed by atoms with van der Waals surface area (Å²) in [6.45, 7) is 0.0834. The molecule has 0 saturated carbocycles. The van der Waals surface area contributed by atoms with Crippen molar-refractivity contribution in [3.63, 3.8) is 0 Å². The number of hydrogen-bond donors (Lipinski definition) is 2. The quantitative estimate of drug-likeness (QED) is 0.819. The third-order valence-electron chi connectivity index (χ3n) is 4.57. The Hall–Kier alpha value is -3.10. The normalized spacial score (nSPS) is 20.2. The summed E-state index contributed by atoms with van der Waals surface area (Å²) in [4.78, 5) is 37.2. The summed E-state index contributed by atoms with van der Waals surface area (Å²) in [5.74, 6) is -1.63. The van der Waals surface area contributed by atoms with Crippen LogP contribution in [-0.4, -0.2) is 44.6 Å². The molecule has 2 N–H and O–H groups in total. The number of furan rings is 1. The van der Waals surface area contributed by atoms with Crippen LogP contribution in [-0.2, 0) is 23.2 Å². The SMILES string of the molecule is CN1C(=O)CC[C@H](C(=O)NCc2ccc(C(=O)O)o2)[C@H]1c1cnn(C)c1. The predicted molar refractivity (Wildman–Crippen MR) is 89.0 cm³/mol. The molecule has 2 aromatic heterocycles. The number of nitrogens with one attached hydrogen (secondary N) is 1. The summed E-state index contributed by atoms with van der Waals surface area (Å²) in [5.41, 5.74) is 0.800. The van der Waals surface area contributed by atoms with Crippen LogP contribution in [0.2, 0.25) is 0 Å².